The van der Waals surface area contributed by atoms with Crippen LogP contribution < -0.4 is 15.4 Å². The number of carboxylic acids is 1. The fraction of sp³-hybridized carbons (Fsp3) is 0.0909. The Morgan fingerprint density at radius 2 is 1.62 bits per heavy atom. The molecule has 3 aromatic carbocycles. The first-order valence-electron chi connectivity index (χ1n) is 10.1. The zero-order valence-electron chi connectivity index (χ0n) is 18.4. The van der Waals surface area contributed by atoms with Crippen LogP contribution in [0.25, 0.3) is 0 Å². The first kappa shape index (κ1) is 26.9. The van der Waals surface area contributed by atoms with Crippen molar-refractivity contribution in [1.82, 2.24) is 0 Å². The number of benzene rings is 3. The minimum Gasteiger partial charge on any atom is -0.481 e. The Morgan fingerprint density at radius 3 is 2.22 bits per heavy atom. The highest BCUT2D eigenvalue weighted by Gasteiger charge is 2.33. The van der Waals surface area contributed by atoms with Crippen molar-refractivity contribution >= 4 is 44.8 Å². The molecule has 0 aliphatic rings. The summed E-state index contributed by atoms with van der Waals surface area (Å²) in [4.78, 5) is 32.9. The number of hydrogen-bond donors (Lipinski definition) is 4. The molecule has 0 saturated heterocycles. The van der Waals surface area contributed by atoms with E-state index in [1.54, 1.807) is 0 Å². The van der Waals surface area contributed by atoms with Gasteiger partial charge in [-0.3, -0.25) is 19.6 Å². The number of nitrogens with zero attached hydrogens (tertiary/aromatic N) is 1. The Bertz CT molecular complexity index is 1460. The lowest BCUT2D eigenvalue weighted by Crippen LogP contribution is -2.21. The lowest BCUT2D eigenvalue weighted by molar-refractivity contribution is -0.384. The Labute approximate surface area is 207 Å². The number of nitro groups is 1. The largest absolute Gasteiger partial charge is 0.481 e. The molecular weight excluding hydrogens is 521 g/mol. The number of alkyl halides is 3. The van der Waals surface area contributed by atoms with E-state index in [2.05, 4.69) is 15.4 Å². The fourth-order valence-electron chi connectivity index (χ4n) is 3.07. The first-order chi connectivity index (χ1) is 17.2. The van der Waals surface area contributed by atoms with Gasteiger partial charge in [-0.2, -0.15) is 13.2 Å². The van der Waals surface area contributed by atoms with Gasteiger partial charge >= 0.3 is 18.2 Å². The average Bonchev–Trinajstić information content (AvgIpc) is 2.79. The van der Waals surface area contributed by atoms with Gasteiger partial charge in [-0.05, 0) is 48.0 Å². The minimum atomic E-state index is -4.83. The van der Waals surface area contributed by atoms with Crippen molar-refractivity contribution in [2.45, 2.75) is 17.5 Å². The van der Waals surface area contributed by atoms with E-state index in [0.29, 0.717) is 11.6 Å². The van der Waals surface area contributed by atoms with Gasteiger partial charge in [-0.25, -0.2) is 13.2 Å². The van der Waals surface area contributed by atoms with E-state index < -0.39 is 50.1 Å². The molecule has 3 rings (SSSR count). The van der Waals surface area contributed by atoms with Crippen LogP contribution >= 0.6 is 0 Å². The molecule has 0 aliphatic carbocycles. The maximum absolute atomic E-state index is 12.8. The van der Waals surface area contributed by atoms with Crippen LogP contribution in [0.4, 0.5) is 40.7 Å². The maximum atomic E-state index is 12.8. The van der Waals surface area contributed by atoms with Crippen molar-refractivity contribution < 1.29 is 41.2 Å². The molecule has 2 amide bonds. The van der Waals surface area contributed by atoms with Crippen LogP contribution in [-0.4, -0.2) is 30.4 Å². The number of amides is 2. The number of anilines is 3. The lowest BCUT2D eigenvalue weighted by Gasteiger charge is -2.12. The number of aliphatic carboxylic acids is 1. The predicted molar refractivity (Wildman–Crippen MR) is 126 cm³/mol. The molecule has 0 radical (unpaired) electrons. The number of carbonyl (C=O) groups is 2. The predicted octanol–water partition coefficient (Wildman–Crippen LogP) is 4.69. The Kier molecular flexibility index (Phi) is 7.67. The van der Waals surface area contributed by atoms with Gasteiger partial charge in [-0.1, -0.05) is 18.2 Å². The van der Waals surface area contributed by atoms with Crippen LogP contribution in [0.2, 0.25) is 0 Å². The number of urea groups is 1. The van der Waals surface area contributed by atoms with Gasteiger partial charge in [0.05, 0.1) is 21.8 Å². The number of rotatable bonds is 8. The molecule has 4 N–H and O–H groups in total. The van der Waals surface area contributed by atoms with Gasteiger partial charge in [0.15, 0.2) is 0 Å². The summed E-state index contributed by atoms with van der Waals surface area (Å²) in [5.41, 5.74) is -2.19. The molecule has 37 heavy (non-hydrogen) atoms. The van der Waals surface area contributed by atoms with Crippen LogP contribution in [0, 0.1) is 10.1 Å². The number of nitro benzene ring substituents is 1. The van der Waals surface area contributed by atoms with Crippen LogP contribution in [0.15, 0.2) is 71.6 Å². The molecule has 0 aromatic heterocycles. The van der Waals surface area contributed by atoms with Crippen molar-refractivity contribution in [2.75, 3.05) is 15.4 Å². The molecule has 0 spiro atoms. The molecule has 3 aromatic rings. The summed E-state index contributed by atoms with van der Waals surface area (Å²) < 4.78 is 66.3. The minimum absolute atomic E-state index is 0.0354. The van der Waals surface area contributed by atoms with Crippen LogP contribution in [-0.2, 0) is 27.4 Å². The highest BCUT2D eigenvalue weighted by molar-refractivity contribution is 7.92. The van der Waals surface area contributed by atoms with Gasteiger partial charge in [0.1, 0.15) is 5.69 Å². The zero-order valence-corrected chi connectivity index (χ0v) is 19.3. The molecule has 0 saturated carbocycles. The van der Waals surface area contributed by atoms with E-state index in [1.165, 1.54) is 42.5 Å². The molecule has 194 valence electrons. The third-order valence-electron chi connectivity index (χ3n) is 4.73. The highest BCUT2D eigenvalue weighted by atomic mass is 32.2. The second kappa shape index (κ2) is 10.5. The van der Waals surface area contributed by atoms with Crippen molar-refractivity contribution in [3.8, 4) is 0 Å². The smallest absolute Gasteiger partial charge is 0.416 e. The molecule has 0 unspecified atom stereocenters. The summed E-state index contributed by atoms with van der Waals surface area (Å²) in [5, 5.41) is 24.3. The van der Waals surface area contributed by atoms with Gasteiger partial charge in [0, 0.05) is 17.4 Å². The number of sulfonamides is 1. The summed E-state index contributed by atoms with van der Waals surface area (Å²) in [7, 11) is -4.14. The van der Waals surface area contributed by atoms with Crippen LogP contribution in [0.1, 0.15) is 11.1 Å². The molecule has 15 heteroatoms. The van der Waals surface area contributed by atoms with Gasteiger partial charge < -0.3 is 15.7 Å². The standard InChI is InChI=1S/C22H17F3N4O7S/c23-22(24,25)14-6-9-18(19(11-14)29(33)34)27-21(32)26-16-2-1-3-17(12-16)37(35,36)28-15-7-4-13(5-8-15)10-20(30)31/h1-9,11-12,28H,10H2,(H,30,31)(H2,26,27,32). The molecule has 0 atom stereocenters. The van der Waals surface area contributed by atoms with Crippen molar-refractivity contribution in [3.05, 3.63) is 88.0 Å². The first-order valence-corrected chi connectivity index (χ1v) is 11.6. The molecular formula is C22H17F3N4O7S. The quantitative estimate of drug-likeness (QED) is 0.238. The second-order valence-corrected chi connectivity index (χ2v) is 9.15. The number of hydrogen-bond acceptors (Lipinski definition) is 6. The van der Waals surface area contributed by atoms with Crippen molar-refractivity contribution in [1.29, 1.82) is 0 Å². The van der Waals surface area contributed by atoms with Crippen molar-refractivity contribution in [3.63, 3.8) is 0 Å². The highest BCUT2D eigenvalue weighted by Crippen LogP contribution is 2.35. The number of nitrogens with one attached hydrogen (secondary N) is 3. The second-order valence-electron chi connectivity index (χ2n) is 7.47. The van der Waals surface area contributed by atoms with Crippen molar-refractivity contribution in [2.24, 2.45) is 0 Å². The molecule has 0 fully saturated rings. The Balaban J connectivity index is 1.74. The monoisotopic (exact) mass is 538 g/mol. The summed E-state index contributed by atoms with van der Waals surface area (Å²) in [6, 6.07) is 11.1. The fourth-order valence-corrected chi connectivity index (χ4v) is 4.17. The zero-order chi connectivity index (χ0) is 27.4. The molecule has 0 aliphatic heterocycles. The van der Waals surface area contributed by atoms with E-state index in [0.717, 1.165) is 12.1 Å². The third-order valence-corrected chi connectivity index (χ3v) is 6.11. The lowest BCUT2D eigenvalue weighted by atomic mass is 10.1. The van der Waals surface area contributed by atoms with Gasteiger partial charge in [0.2, 0.25) is 0 Å². The van der Waals surface area contributed by atoms with E-state index in [4.69, 9.17) is 5.11 Å². The summed E-state index contributed by atoms with van der Waals surface area (Å²) in [5.74, 6) is -1.05. The Morgan fingerprint density at radius 1 is 0.946 bits per heavy atom. The van der Waals surface area contributed by atoms with E-state index in [9.17, 15) is 41.3 Å². The molecule has 11 nitrogen and oxygen atoms in total. The topological polar surface area (TPSA) is 168 Å². The average molecular weight is 538 g/mol. The molecule has 0 heterocycles. The summed E-state index contributed by atoms with van der Waals surface area (Å²) in [6.45, 7) is 0. The third kappa shape index (κ3) is 7.17. The van der Waals surface area contributed by atoms with Crippen LogP contribution in [0.3, 0.4) is 0 Å². The number of carbonyl (C=O) groups excluding carboxylic acids is 1. The number of halogens is 3. The Hall–Kier alpha value is -4.66. The molecule has 0 bridgehead atoms. The van der Waals surface area contributed by atoms with E-state index >= 15 is 0 Å². The SMILES string of the molecule is O=C(O)Cc1ccc(NS(=O)(=O)c2cccc(NC(=O)Nc3ccc(C(F)(F)F)cc3[N+](=O)[O-])c2)cc1. The maximum Gasteiger partial charge on any atom is 0.416 e. The van der Waals surface area contributed by atoms with Crippen LogP contribution in [0.5, 0.6) is 0 Å². The van der Waals surface area contributed by atoms with E-state index in [1.807, 2.05) is 0 Å². The number of carboxylic acid groups (broad SMARTS) is 1. The summed E-state index contributed by atoms with van der Waals surface area (Å²) >= 11 is 0. The normalized spacial score (nSPS) is 11.4. The summed E-state index contributed by atoms with van der Waals surface area (Å²) in [6.07, 6.45) is -5.07. The van der Waals surface area contributed by atoms with E-state index in [-0.39, 0.29) is 28.8 Å². The van der Waals surface area contributed by atoms with Gasteiger partial charge in [0.25, 0.3) is 15.7 Å². The van der Waals surface area contributed by atoms with Gasteiger partial charge in [-0.15, -0.1) is 0 Å².